The third kappa shape index (κ3) is 11.7. The molecule has 15 heteroatoms. The minimum atomic E-state index is -1.26. The zero-order valence-electron chi connectivity index (χ0n) is 27.8. The van der Waals surface area contributed by atoms with E-state index in [1.807, 2.05) is 34.1 Å². The van der Waals surface area contributed by atoms with Crippen molar-refractivity contribution in [1.29, 1.82) is 0 Å². The first-order valence-electron chi connectivity index (χ1n) is 16.0. The Bertz CT molecular complexity index is 1530. The Labute approximate surface area is 294 Å². The number of hydrogen-bond acceptors (Lipinski definition) is 7. The molecule has 0 saturated carbocycles. The van der Waals surface area contributed by atoms with Gasteiger partial charge in [-0.3, -0.25) is 9.80 Å². The van der Waals surface area contributed by atoms with Crippen LogP contribution >= 0.6 is 11.6 Å². The number of carbonyl (C=O) groups excluding carboxylic acids is 1. The second-order valence-electron chi connectivity index (χ2n) is 12.1. The molecule has 3 aliphatic rings. The van der Waals surface area contributed by atoms with Gasteiger partial charge in [0.1, 0.15) is 5.82 Å². The van der Waals surface area contributed by atoms with E-state index in [1.165, 1.54) is 5.56 Å². The molecule has 1 aliphatic carbocycles. The second kappa shape index (κ2) is 18.8. The smallest absolute Gasteiger partial charge is 0.328 e. The Morgan fingerprint density at radius 3 is 1.84 bits per heavy atom. The van der Waals surface area contributed by atoms with Crippen molar-refractivity contribution in [3.8, 4) is 0 Å². The van der Waals surface area contributed by atoms with E-state index in [-0.39, 0.29) is 29.8 Å². The van der Waals surface area contributed by atoms with Crippen molar-refractivity contribution in [2.75, 3.05) is 52.4 Å². The van der Waals surface area contributed by atoms with Gasteiger partial charge in [0.2, 0.25) is 0 Å². The van der Waals surface area contributed by atoms with Gasteiger partial charge in [0.15, 0.2) is 0 Å². The molecule has 4 N–H and O–H groups in total. The molecule has 2 unspecified atom stereocenters. The Hall–Kier alpha value is -4.79. The van der Waals surface area contributed by atoms with Crippen molar-refractivity contribution >= 4 is 41.5 Å². The van der Waals surface area contributed by atoms with E-state index >= 15 is 0 Å². The highest BCUT2D eigenvalue weighted by molar-refractivity contribution is 6.30. The summed E-state index contributed by atoms with van der Waals surface area (Å²) in [6.07, 6.45) is 3.11. The van der Waals surface area contributed by atoms with Gasteiger partial charge in [-0.05, 0) is 55.2 Å². The van der Waals surface area contributed by atoms with Crippen LogP contribution in [0.25, 0.3) is 0 Å². The van der Waals surface area contributed by atoms with Crippen LogP contribution in [0.4, 0.5) is 9.18 Å². The molecule has 50 heavy (non-hydrogen) atoms. The second-order valence-corrected chi connectivity index (χ2v) is 12.5. The van der Waals surface area contributed by atoms with Crippen LogP contribution < -0.4 is 0 Å². The number of hydrogen-bond donors (Lipinski definition) is 4. The van der Waals surface area contributed by atoms with E-state index < -0.39 is 23.9 Å². The fourth-order valence-corrected chi connectivity index (χ4v) is 6.34. The number of carboxylic acids is 4. The molecular weight excluding hydrogens is 675 g/mol. The normalized spacial score (nSPS) is 19.3. The molecule has 2 aromatic rings. The molecule has 2 amide bonds. The highest BCUT2D eigenvalue weighted by atomic mass is 35.5. The third-order valence-corrected chi connectivity index (χ3v) is 8.78. The SMILES string of the molecule is CC(C)N1CCN(CCN2CCN(C3CC(c4ccccc4F)c4cc(Cl)ccc43)CC2)C1=O.O=C(O)/C=C\C(=O)O.O=C(O)/C=C\C(=O)O. The lowest BCUT2D eigenvalue weighted by molar-refractivity contribution is -0.134. The summed E-state index contributed by atoms with van der Waals surface area (Å²) in [4.78, 5) is 59.7. The lowest BCUT2D eigenvalue weighted by Gasteiger charge is -2.39. The van der Waals surface area contributed by atoms with Crippen molar-refractivity contribution in [1.82, 2.24) is 19.6 Å². The van der Waals surface area contributed by atoms with E-state index in [2.05, 4.69) is 29.7 Å². The van der Waals surface area contributed by atoms with Crippen LogP contribution in [-0.4, -0.2) is 128 Å². The molecular formula is C35H42ClFN4O9. The molecule has 0 spiro atoms. The number of carboxylic acid groups (broad SMARTS) is 4. The number of rotatable bonds is 10. The van der Waals surface area contributed by atoms with Gasteiger partial charge >= 0.3 is 29.9 Å². The van der Waals surface area contributed by atoms with E-state index in [9.17, 15) is 28.4 Å². The van der Waals surface area contributed by atoms with Crippen LogP contribution in [0.5, 0.6) is 0 Å². The van der Waals surface area contributed by atoms with Gasteiger partial charge in [-0.15, -0.1) is 0 Å². The first-order chi connectivity index (χ1) is 23.7. The van der Waals surface area contributed by atoms with Gasteiger partial charge in [-0.1, -0.05) is 35.9 Å². The maximum Gasteiger partial charge on any atom is 0.328 e. The van der Waals surface area contributed by atoms with Crippen molar-refractivity contribution in [3.05, 3.63) is 94.3 Å². The van der Waals surface area contributed by atoms with Crippen LogP contribution in [0.1, 0.15) is 48.9 Å². The molecule has 0 bridgehead atoms. The molecule has 2 aliphatic heterocycles. The van der Waals surface area contributed by atoms with Crippen LogP contribution in [-0.2, 0) is 19.2 Å². The lowest BCUT2D eigenvalue weighted by Crippen LogP contribution is -2.49. The van der Waals surface area contributed by atoms with Crippen molar-refractivity contribution in [2.24, 2.45) is 0 Å². The maximum absolute atomic E-state index is 14.7. The summed E-state index contributed by atoms with van der Waals surface area (Å²) in [7, 11) is 0. The molecule has 2 heterocycles. The Morgan fingerprint density at radius 1 is 0.780 bits per heavy atom. The van der Waals surface area contributed by atoms with Gasteiger partial charge < -0.3 is 30.2 Å². The number of aliphatic carboxylic acids is 4. The average Bonchev–Trinajstić information content (AvgIpc) is 3.62. The highest BCUT2D eigenvalue weighted by Gasteiger charge is 2.38. The summed E-state index contributed by atoms with van der Waals surface area (Å²) in [5.41, 5.74) is 3.20. The van der Waals surface area contributed by atoms with Crippen LogP contribution in [0.15, 0.2) is 66.8 Å². The third-order valence-electron chi connectivity index (χ3n) is 8.54. The first-order valence-corrected chi connectivity index (χ1v) is 16.4. The van der Waals surface area contributed by atoms with E-state index in [4.69, 9.17) is 32.0 Å². The monoisotopic (exact) mass is 716 g/mol. The molecule has 0 radical (unpaired) electrons. The van der Waals surface area contributed by atoms with Gasteiger partial charge in [0.25, 0.3) is 0 Å². The quantitative estimate of drug-likeness (QED) is 0.259. The molecule has 2 aromatic carbocycles. The van der Waals surface area contributed by atoms with Crippen molar-refractivity contribution in [3.63, 3.8) is 0 Å². The van der Waals surface area contributed by atoms with Crippen LogP contribution in [0.2, 0.25) is 5.02 Å². The van der Waals surface area contributed by atoms with Crippen molar-refractivity contribution in [2.45, 2.75) is 38.3 Å². The number of amides is 2. The Kier molecular flexibility index (Phi) is 14.9. The number of benzene rings is 2. The summed E-state index contributed by atoms with van der Waals surface area (Å²) >= 11 is 6.35. The van der Waals surface area contributed by atoms with E-state index in [0.717, 1.165) is 69.9 Å². The molecule has 13 nitrogen and oxygen atoms in total. The average molecular weight is 717 g/mol. The summed E-state index contributed by atoms with van der Waals surface area (Å²) in [6, 6.07) is 14.0. The standard InChI is InChI=1S/C27H34ClFN4O.2C4H4O4/c1-19(2)33-16-15-32(27(33)34)14-11-30-9-12-31(13-10-30)26-18-24(21-5-3-4-6-25(21)29)23-17-20(28)7-8-22(23)26;2*5-3(6)1-2-4(7)8/h3-8,17,19,24,26H,9-16,18H2,1-2H3;2*1-2H,(H,5,6)(H,7,8)/b;2*2-1-. The van der Waals surface area contributed by atoms with Gasteiger partial charge in [-0.2, -0.15) is 0 Å². The lowest BCUT2D eigenvalue weighted by atomic mass is 9.92. The van der Waals surface area contributed by atoms with Crippen LogP contribution in [0, 0.1) is 5.82 Å². The van der Waals surface area contributed by atoms with Crippen LogP contribution in [0.3, 0.4) is 0 Å². The maximum atomic E-state index is 14.7. The highest BCUT2D eigenvalue weighted by Crippen LogP contribution is 2.48. The van der Waals surface area contributed by atoms with Gasteiger partial charge in [0, 0.05) is 99.7 Å². The fraction of sp³-hybridized carbons (Fsp3) is 0.400. The molecule has 0 aromatic heterocycles. The minimum Gasteiger partial charge on any atom is -0.478 e. The predicted octanol–water partition coefficient (Wildman–Crippen LogP) is 4.24. The Balaban J connectivity index is 0.000000352. The zero-order chi connectivity index (χ0) is 37.0. The molecule has 2 saturated heterocycles. The number of urea groups is 1. The molecule has 2 atom stereocenters. The van der Waals surface area contributed by atoms with Crippen molar-refractivity contribution < 1.29 is 48.8 Å². The number of halogens is 2. The summed E-state index contributed by atoms with van der Waals surface area (Å²) in [6.45, 7) is 11.4. The first kappa shape index (κ1) is 39.6. The number of piperazine rings is 1. The summed E-state index contributed by atoms with van der Waals surface area (Å²) in [5.74, 6) is -5.14. The summed E-state index contributed by atoms with van der Waals surface area (Å²) in [5, 5.41) is 32.0. The van der Waals surface area contributed by atoms with Gasteiger partial charge in [0.05, 0.1) is 0 Å². The zero-order valence-corrected chi connectivity index (χ0v) is 28.6. The number of carbonyl (C=O) groups is 5. The number of nitrogens with zero attached hydrogens (tertiary/aromatic N) is 4. The summed E-state index contributed by atoms with van der Waals surface area (Å²) < 4.78 is 14.7. The molecule has 5 rings (SSSR count). The largest absolute Gasteiger partial charge is 0.478 e. The van der Waals surface area contributed by atoms with E-state index in [1.54, 1.807) is 12.1 Å². The number of fused-ring (bicyclic) bond motifs is 1. The van der Waals surface area contributed by atoms with Gasteiger partial charge in [-0.25, -0.2) is 28.4 Å². The molecule has 2 fully saturated rings. The fourth-order valence-electron chi connectivity index (χ4n) is 6.16. The topological polar surface area (TPSA) is 179 Å². The van der Waals surface area contributed by atoms with E-state index in [0.29, 0.717) is 29.3 Å². The molecule has 270 valence electrons. The Morgan fingerprint density at radius 2 is 1.34 bits per heavy atom. The minimum absolute atomic E-state index is 0.0306. The predicted molar refractivity (Wildman–Crippen MR) is 183 cm³/mol.